The van der Waals surface area contributed by atoms with Crippen LogP contribution in [0.15, 0.2) is 97.6 Å². The maximum Gasteiger partial charge on any atom is 0.323 e. The average Bonchev–Trinajstić information content (AvgIpc) is 3.98. The number of hydrogen-bond acceptors (Lipinski definition) is 14. The molecule has 0 saturated heterocycles. The molecule has 2 aliphatic carbocycles. The minimum Gasteiger partial charge on any atom is -0.488 e. The summed E-state index contributed by atoms with van der Waals surface area (Å²) < 4.78 is 25.8. The van der Waals surface area contributed by atoms with Crippen molar-refractivity contribution in [2.24, 2.45) is 0 Å². The maximum atomic E-state index is 11.7. The van der Waals surface area contributed by atoms with E-state index in [4.69, 9.17) is 42.1 Å². The van der Waals surface area contributed by atoms with Crippen LogP contribution in [0.1, 0.15) is 80.7 Å². The number of aliphatic carboxylic acids is 2. The Hall–Kier alpha value is -7.28. The third-order valence-corrected chi connectivity index (χ3v) is 12.8. The molecule has 4 aromatic carbocycles. The number of ether oxygens (including phenoxy) is 4. The zero-order valence-electron chi connectivity index (χ0n) is 37.4. The number of nitrogens with one attached hydrogen (secondary N) is 2. The number of nitrogens with zero attached hydrogens (tertiary/aromatic N) is 4. The quantitative estimate of drug-likeness (QED) is 0.0407. The molecule has 18 heteroatoms. The largest absolute Gasteiger partial charge is 0.488 e. The molecule has 0 fully saturated rings. The number of carbonyl (C=O) groups is 2. The normalized spacial score (nSPS) is 15.5. The molecular formula is C52H46Cl2N6O10. The lowest BCUT2D eigenvalue weighted by Gasteiger charge is -2.21. The van der Waals surface area contributed by atoms with Crippen LogP contribution in [-0.2, 0) is 48.7 Å². The molecule has 70 heavy (non-hydrogen) atoms. The number of aliphatic hydroxyl groups excluding tert-OH is 2. The molecule has 2 aliphatic rings. The van der Waals surface area contributed by atoms with Crippen LogP contribution < -0.4 is 29.6 Å². The van der Waals surface area contributed by atoms with Crippen LogP contribution in [0.2, 0.25) is 10.0 Å². The van der Waals surface area contributed by atoms with Crippen LogP contribution in [0.5, 0.6) is 23.0 Å². The minimum absolute atomic E-state index is 0.0138. The standard InChI is InChI=1S/C52H46Cl2N6O10/c53-41-13-33(23-59-43(25-61)51(63)64)47(67-27-31-11-29(17-55)19-57-21-31)15-49(41)69-45-9-7-37-35(3-1-5-39(37)45)36-4-2-6-40-38(36)8-10-46(40)70-50-16-48(68-28-32-12-30(18-56)20-58-22-32)34(14-42(50)54)24-60-44(26-62)52(65)66/h1-6,11-16,19-22,43-46,59-62H,7-10,23-28H2,(H,63,64)(H,65,66)/t43?,44?,45-,46-/m0/s1. The van der Waals surface area contributed by atoms with E-state index in [1.54, 1.807) is 48.8 Å². The number of rotatable bonds is 21. The second-order valence-electron chi connectivity index (χ2n) is 16.7. The van der Waals surface area contributed by atoms with Crippen LogP contribution in [0.25, 0.3) is 11.1 Å². The Balaban J connectivity index is 1.03. The summed E-state index contributed by atoms with van der Waals surface area (Å²) in [6, 6.07) is 24.0. The molecule has 4 atom stereocenters. The van der Waals surface area contributed by atoms with Gasteiger partial charge in [0.1, 0.15) is 72.6 Å². The number of carboxylic acids is 2. The van der Waals surface area contributed by atoms with E-state index in [0.29, 0.717) is 69.2 Å². The monoisotopic (exact) mass is 984 g/mol. The highest BCUT2D eigenvalue weighted by molar-refractivity contribution is 6.32. The van der Waals surface area contributed by atoms with Crippen molar-refractivity contribution < 1.29 is 49.0 Å². The zero-order valence-corrected chi connectivity index (χ0v) is 38.9. The van der Waals surface area contributed by atoms with E-state index < -0.39 is 37.2 Å². The minimum atomic E-state index is -1.22. The molecule has 0 spiro atoms. The first kappa shape index (κ1) is 49.2. The number of hydrogen-bond donors (Lipinski definition) is 6. The maximum absolute atomic E-state index is 11.7. The molecule has 6 N–H and O–H groups in total. The number of aliphatic hydroxyl groups is 2. The highest BCUT2D eigenvalue weighted by atomic mass is 35.5. The first-order valence-electron chi connectivity index (χ1n) is 22.3. The van der Waals surface area contributed by atoms with Gasteiger partial charge in [-0.05, 0) is 83.3 Å². The summed E-state index contributed by atoms with van der Waals surface area (Å²) in [6.45, 7) is -1.11. The van der Waals surface area contributed by atoms with E-state index in [2.05, 4.69) is 57.0 Å². The molecule has 0 radical (unpaired) electrons. The van der Waals surface area contributed by atoms with Gasteiger partial charge in [-0.1, -0.05) is 59.6 Å². The number of nitriles is 2. The van der Waals surface area contributed by atoms with Crippen LogP contribution >= 0.6 is 23.2 Å². The Labute approximate surface area is 412 Å². The highest BCUT2D eigenvalue weighted by Crippen LogP contribution is 2.47. The first-order chi connectivity index (χ1) is 34.0. The lowest BCUT2D eigenvalue weighted by atomic mass is 9.91. The van der Waals surface area contributed by atoms with Crippen molar-refractivity contribution in [3.63, 3.8) is 0 Å². The zero-order chi connectivity index (χ0) is 49.3. The molecule has 8 rings (SSSR count). The van der Waals surface area contributed by atoms with E-state index in [1.165, 1.54) is 12.4 Å². The fraction of sp³-hybridized carbons (Fsp3) is 0.269. The topological polar surface area (TPSA) is 249 Å². The number of halogens is 2. The van der Waals surface area contributed by atoms with Gasteiger partial charge in [-0.2, -0.15) is 10.5 Å². The lowest BCUT2D eigenvalue weighted by Crippen LogP contribution is -2.39. The molecule has 0 saturated carbocycles. The number of pyridine rings is 2. The van der Waals surface area contributed by atoms with Crippen molar-refractivity contribution in [2.45, 2.75) is 76.3 Å². The van der Waals surface area contributed by atoms with Gasteiger partial charge in [0.05, 0.1) is 34.4 Å². The van der Waals surface area contributed by atoms with E-state index in [1.807, 2.05) is 12.1 Å². The van der Waals surface area contributed by atoms with Crippen molar-refractivity contribution >= 4 is 35.1 Å². The summed E-state index contributed by atoms with van der Waals surface area (Å²) in [7, 11) is 0. The number of benzene rings is 4. The Bertz CT molecular complexity index is 2810. The van der Waals surface area contributed by atoms with Gasteiger partial charge in [0.2, 0.25) is 0 Å². The Morgan fingerprint density at radius 1 is 0.643 bits per heavy atom. The summed E-state index contributed by atoms with van der Waals surface area (Å²) in [5.41, 5.74) is 9.54. The van der Waals surface area contributed by atoms with Gasteiger partial charge in [0.25, 0.3) is 0 Å². The van der Waals surface area contributed by atoms with Crippen molar-refractivity contribution in [1.29, 1.82) is 10.5 Å². The van der Waals surface area contributed by atoms with Gasteiger partial charge in [-0.3, -0.25) is 30.2 Å². The third-order valence-electron chi connectivity index (χ3n) is 12.2. The second kappa shape index (κ2) is 22.4. The lowest BCUT2D eigenvalue weighted by molar-refractivity contribution is -0.141. The molecule has 6 aromatic rings. The molecule has 0 amide bonds. The fourth-order valence-corrected chi connectivity index (χ4v) is 9.13. The predicted molar refractivity (Wildman–Crippen MR) is 255 cm³/mol. The first-order valence-corrected chi connectivity index (χ1v) is 23.0. The van der Waals surface area contributed by atoms with Crippen LogP contribution in [0, 0.1) is 22.7 Å². The molecule has 2 heterocycles. The van der Waals surface area contributed by atoms with Gasteiger partial charge in [0, 0.05) is 72.3 Å². The van der Waals surface area contributed by atoms with Crippen LogP contribution in [0.4, 0.5) is 0 Å². The summed E-state index contributed by atoms with van der Waals surface area (Å²) in [4.78, 5) is 31.5. The van der Waals surface area contributed by atoms with Gasteiger partial charge in [0.15, 0.2) is 0 Å². The van der Waals surface area contributed by atoms with Crippen molar-refractivity contribution in [1.82, 2.24) is 20.6 Å². The van der Waals surface area contributed by atoms with Gasteiger partial charge < -0.3 is 39.4 Å². The smallest absolute Gasteiger partial charge is 0.323 e. The van der Waals surface area contributed by atoms with Crippen LogP contribution in [-0.4, -0.2) is 67.6 Å². The van der Waals surface area contributed by atoms with Crippen molar-refractivity contribution in [3.8, 4) is 46.3 Å². The SMILES string of the molecule is N#Cc1cncc(COc2cc(O[C@H]3CCc4c(-c5cccc6c5CC[C@@H]6Oc5cc(OCc6cncc(C#N)c6)c(CNC(CO)C(=O)O)cc5Cl)cccc43)c(Cl)cc2CNC(CO)C(=O)O)c1. The van der Waals surface area contributed by atoms with E-state index in [0.717, 1.165) is 46.2 Å². The highest BCUT2D eigenvalue weighted by Gasteiger charge is 2.32. The molecule has 0 bridgehead atoms. The number of fused-ring (bicyclic) bond motifs is 2. The van der Waals surface area contributed by atoms with Gasteiger partial charge in [-0.15, -0.1) is 0 Å². The van der Waals surface area contributed by atoms with E-state index in [-0.39, 0.29) is 48.6 Å². The van der Waals surface area contributed by atoms with Gasteiger partial charge >= 0.3 is 11.9 Å². The summed E-state index contributed by atoms with van der Waals surface area (Å²) in [5.74, 6) is -0.968. The second-order valence-corrected chi connectivity index (χ2v) is 17.5. The molecule has 0 aliphatic heterocycles. The van der Waals surface area contributed by atoms with Crippen molar-refractivity contribution in [2.75, 3.05) is 13.2 Å². The number of aromatic nitrogens is 2. The Morgan fingerprint density at radius 2 is 1.07 bits per heavy atom. The van der Waals surface area contributed by atoms with E-state index in [9.17, 15) is 40.5 Å². The summed E-state index contributed by atoms with van der Waals surface area (Å²) in [5, 5.41) is 63.2. The molecular weight excluding hydrogens is 940 g/mol. The molecule has 16 nitrogen and oxygen atoms in total. The predicted octanol–water partition coefficient (Wildman–Crippen LogP) is 7.55. The molecule has 358 valence electrons. The van der Waals surface area contributed by atoms with E-state index >= 15 is 0 Å². The summed E-state index contributed by atoms with van der Waals surface area (Å²) in [6.07, 6.45) is 8.13. The number of carboxylic acid groups (broad SMARTS) is 2. The van der Waals surface area contributed by atoms with Gasteiger partial charge in [-0.25, -0.2) is 0 Å². The molecule has 2 aromatic heterocycles. The Kier molecular flexibility index (Phi) is 15.8. The third kappa shape index (κ3) is 11.3. The Morgan fingerprint density at radius 3 is 1.46 bits per heavy atom. The van der Waals surface area contributed by atoms with Crippen LogP contribution in [0.3, 0.4) is 0 Å². The molecule has 2 unspecified atom stereocenters. The average molecular weight is 986 g/mol. The van der Waals surface area contributed by atoms with Crippen molar-refractivity contribution in [3.05, 3.63) is 163 Å². The summed E-state index contributed by atoms with van der Waals surface area (Å²) >= 11 is 13.7. The fourth-order valence-electron chi connectivity index (χ4n) is 8.67.